The van der Waals surface area contributed by atoms with Crippen molar-refractivity contribution in [2.75, 3.05) is 13.1 Å². The predicted octanol–water partition coefficient (Wildman–Crippen LogP) is 2.67. The molecule has 2 aliphatic rings. The van der Waals surface area contributed by atoms with Gasteiger partial charge in [-0.25, -0.2) is 0 Å². The number of carboxylic acid groups (broad SMARTS) is 1. The monoisotopic (exact) mass is 267 g/mol. The van der Waals surface area contributed by atoms with Gasteiger partial charge in [0.1, 0.15) is 0 Å². The molecule has 0 atom stereocenters. The van der Waals surface area contributed by atoms with E-state index in [0.29, 0.717) is 25.3 Å². The highest BCUT2D eigenvalue weighted by molar-refractivity contribution is 5.85. The van der Waals surface area contributed by atoms with Crippen LogP contribution < -0.4 is 0 Å². The van der Waals surface area contributed by atoms with E-state index in [2.05, 4.69) is 0 Å². The van der Waals surface area contributed by atoms with E-state index in [1.807, 2.05) is 11.8 Å². The summed E-state index contributed by atoms with van der Waals surface area (Å²) in [5.41, 5.74) is -0.785. The van der Waals surface area contributed by atoms with Crippen molar-refractivity contribution in [3.63, 3.8) is 0 Å². The number of carbonyl (C=O) groups excluding carboxylic acids is 1. The minimum Gasteiger partial charge on any atom is -0.481 e. The fourth-order valence-corrected chi connectivity index (χ4v) is 3.12. The fraction of sp³-hybridized carbons (Fsp3) is 0.867. The van der Waals surface area contributed by atoms with Crippen molar-refractivity contribution < 1.29 is 14.7 Å². The SMILES string of the molecule is CCN(CC1CC1)C(=O)CC1(C(=O)O)CCCCC1. The lowest BCUT2D eigenvalue weighted by atomic mass is 9.71. The zero-order chi connectivity index (χ0) is 13.9. The second-order valence-electron chi connectivity index (χ2n) is 6.20. The third-order valence-corrected chi connectivity index (χ3v) is 4.66. The van der Waals surface area contributed by atoms with E-state index in [1.54, 1.807) is 0 Å². The van der Waals surface area contributed by atoms with Crippen LogP contribution in [-0.2, 0) is 9.59 Å². The first kappa shape index (κ1) is 14.4. The van der Waals surface area contributed by atoms with Crippen molar-refractivity contribution in [3.05, 3.63) is 0 Å². The smallest absolute Gasteiger partial charge is 0.310 e. The number of hydrogen-bond acceptors (Lipinski definition) is 2. The first-order valence-electron chi connectivity index (χ1n) is 7.58. The maximum absolute atomic E-state index is 12.4. The Morgan fingerprint density at radius 2 is 1.84 bits per heavy atom. The van der Waals surface area contributed by atoms with Gasteiger partial charge in [-0.3, -0.25) is 9.59 Å². The van der Waals surface area contributed by atoms with Crippen LogP contribution in [0, 0.1) is 11.3 Å². The molecule has 2 aliphatic carbocycles. The van der Waals surface area contributed by atoms with Crippen LogP contribution in [-0.4, -0.2) is 35.0 Å². The second-order valence-corrected chi connectivity index (χ2v) is 6.20. The quantitative estimate of drug-likeness (QED) is 0.805. The molecule has 2 rings (SSSR count). The van der Waals surface area contributed by atoms with E-state index in [1.165, 1.54) is 12.8 Å². The molecule has 1 N–H and O–H groups in total. The molecule has 0 saturated heterocycles. The summed E-state index contributed by atoms with van der Waals surface area (Å²) in [7, 11) is 0. The lowest BCUT2D eigenvalue weighted by molar-refractivity contribution is -0.156. The van der Waals surface area contributed by atoms with E-state index < -0.39 is 11.4 Å². The van der Waals surface area contributed by atoms with Gasteiger partial charge in [0, 0.05) is 19.5 Å². The van der Waals surface area contributed by atoms with Gasteiger partial charge in [0.15, 0.2) is 0 Å². The van der Waals surface area contributed by atoms with Gasteiger partial charge >= 0.3 is 5.97 Å². The van der Waals surface area contributed by atoms with Gasteiger partial charge in [-0.1, -0.05) is 19.3 Å². The van der Waals surface area contributed by atoms with Gasteiger partial charge in [-0.2, -0.15) is 0 Å². The molecule has 0 heterocycles. The van der Waals surface area contributed by atoms with Crippen molar-refractivity contribution in [2.45, 2.75) is 58.3 Å². The molecule has 108 valence electrons. The summed E-state index contributed by atoms with van der Waals surface area (Å²) in [6, 6.07) is 0. The van der Waals surface area contributed by atoms with Crippen molar-refractivity contribution >= 4 is 11.9 Å². The van der Waals surface area contributed by atoms with Crippen LogP contribution in [0.5, 0.6) is 0 Å². The molecular formula is C15H25NO3. The number of aliphatic carboxylic acids is 1. The summed E-state index contributed by atoms with van der Waals surface area (Å²) >= 11 is 0. The fourth-order valence-electron chi connectivity index (χ4n) is 3.12. The van der Waals surface area contributed by atoms with Gasteiger partial charge in [0.2, 0.25) is 5.91 Å². The summed E-state index contributed by atoms with van der Waals surface area (Å²) < 4.78 is 0. The summed E-state index contributed by atoms with van der Waals surface area (Å²) in [4.78, 5) is 25.8. The van der Waals surface area contributed by atoms with E-state index >= 15 is 0 Å². The molecule has 4 heteroatoms. The van der Waals surface area contributed by atoms with E-state index in [-0.39, 0.29) is 12.3 Å². The molecule has 4 nitrogen and oxygen atoms in total. The highest BCUT2D eigenvalue weighted by Crippen LogP contribution is 2.40. The number of rotatable bonds is 6. The molecule has 0 aromatic heterocycles. The lowest BCUT2D eigenvalue weighted by Gasteiger charge is -2.34. The molecule has 1 amide bonds. The van der Waals surface area contributed by atoms with Crippen LogP contribution in [0.15, 0.2) is 0 Å². The van der Waals surface area contributed by atoms with Gasteiger partial charge in [-0.15, -0.1) is 0 Å². The number of nitrogens with zero attached hydrogens (tertiary/aromatic N) is 1. The molecule has 0 spiro atoms. The Morgan fingerprint density at radius 3 is 2.32 bits per heavy atom. The normalized spacial score (nSPS) is 21.9. The largest absolute Gasteiger partial charge is 0.481 e. The molecule has 0 aromatic carbocycles. The van der Waals surface area contributed by atoms with Gasteiger partial charge in [0.25, 0.3) is 0 Å². The Kier molecular flexibility index (Phi) is 4.48. The third-order valence-electron chi connectivity index (χ3n) is 4.66. The van der Waals surface area contributed by atoms with Crippen LogP contribution in [0.3, 0.4) is 0 Å². The lowest BCUT2D eigenvalue weighted by Crippen LogP contribution is -2.41. The zero-order valence-electron chi connectivity index (χ0n) is 11.9. The molecule has 0 aromatic rings. The van der Waals surface area contributed by atoms with Crippen molar-refractivity contribution in [2.24, 2.45) is 11.3 Å². The zero-order valence-corrected chi connectivity index (χ0v) is 11.9. The minimum atomic E-state index is -0.785. The Balaban J connectivity index is 1.98. The Bertz CT molecular complexity index is 343. The predicted molar refractivity (Wildman–Crippen MR) is 72.7 cm³/mol. The van der Waals surface area contributed by atoms with Crippen molar-refractivity contribution in [3.8, 4) is 0 Å². The molecule has 2 saturated carbocycles. The maximum Gasteiger partial charge on any atom is 0.310 e. The van der Waals surface area contributed by atoms with Gasteiger partial charge in [-0.05, 0) is 38.5 Å². The summed E-state index contributed by atoms with van der Waals surface area (Å²) in [6.45, 7) is 3.50. The van der Waals surface area contributed by atoms with Crippen LogP contribution in [0.2, 0.25) is 0 Å². The molecule has 0 aliphatic heterocycles. The van der Waals surface area contributed by atoms with Crippen molar-refractivity contribution in [1.29, 1.82) is 0 Å². The first-order chi connectivity index (χ1) is 9.07. The van der Waals surface area contributed by atoms with Crippen LogP contribution in [0.25, 0.3) is 0 Å². The Morgan fingerprint density at radius 1 is 1.21 bits per heavy atom. The molecular weight excluding hydrogens is 242 g/mol. The minimum absolute atomic E-state index is 0.0405. The molecule has 0 bridgehead atoms. The number of carboxylic acids is 1. The molecule has 2 fully saturated rings. The molecule has 19 heavy (non-hydrogen) atoms. The van der Waals surface area contributed by atoms with Crippen LogP contribution in [0.1, 0.15) is 58.3 Å². The summed E-state index contributed by atoms with van der Waals surface area (Å²) in [5, 5.41) is 9.52. The average molecular weight is 267 g/mol. The van der Waals surface area contributed by atoms with E-state index in [4.69, 9.17) is 0 Å². The highest BCUT2D eigenvalue weighted by atomic mass is 16.4. The number of carbonyl (C=O) groups is 2. The topological polar surface area (TPSA) is 57.6 Å². The van der Waals surface area contributed by atoms with E-state index in [0.717, 1.165) is 25.8 Å². The number of hydrogen-bond donors (Lipinski definition) is 1. The van der Waals surface area contributed by atoms with E-state index in [9.17, 15) is 14.7 Å². The Hall–Kier alpha value is -1.06. The average Bonchev–Trinajstić information content (AvgIpc) is 3.20. The standard InChI is InChI=1S/C15H25NO3/c1-2-16(11-12-6-7-12)13(17)10-15(14(18)19)8-4-3-5-9-15/h12H,2-11H2,1H3,(H,18,19). The third kappa shape index (κ3) is 3.48. The van der Waals surface area contributed by atoms with Crippen LogP contribution in [0.4, 0.5) is 0 Å². The maximum atomic E-state index is 12.4. The molecule has 0 unspecified atom stereocenters. The highest BCUT2D eigenvalue weighted by Gasteiger charge is 2.42. The van der Waals surface area contributed by atoms with Crippen molar-refractivity contribution in [1.82, 2.24) is 4.90 Å². The summed E-state index contributed by atoms with van der Waals surface area (Å²) in [5.74, 6) is -0.0715. The van der Waals surface area contributed by atoms with Crippen LogP contribution >= 0.6 is 0 Å². The Labute approximate surface area is 115 Å². The molecule has 0 radical (unpaired) electrons. The summed E-state index contributed by atoms with van der Waals surface area (Å²) in [6.07, 6.45) is 6.93. The number of amides is 1. The first-order valence-corrected chi connectivity index (χ1v) is 7.58. The van der Waals surface area contributed by atoms with Gasteiger partial charge < -0.3 is 10.0 Å². The van der Waals surface area contributed by atoms with Gasteiger partial charge in [0.05, 0.1) is 5.41 Å². The second kappa shape index (κ2) is 5.93.